The van der Waals surface area contributed by atoms with Crippen molar-refractivity contribution in [1.82, 2.24) is 14.9 Å². The van der Waals surface area contributed by atoms with Crippen molar-refractivity contribution >= 4 is 5.91 Å². The molecule has 132 valence electrons. The molecule has 1 amide bonds. The molecule has 2 aliphatic rings. The number of aryl methyl sites for hydroxylation is 1. The molecule has 1 aliphatic heterocycles. The molecule has 1 N–H and O–H groups in total. The van der Waals surface area contributed by atoms with Gasteiger partial charge < -0.3 is 14.6 Å². The first-order valence-corrected chi connectivity index (χ1v) is 9.29. The first kappa shape index (κ1) is 16.2. The summed E-state index contributed by atoms with van der Waals surface area (Å²) < 4.78 is 8.18. The van der Waals surface area contributed by atoms with Crippen LogP contribution in [0.3, 0.4) is 0 Å². The zero-order valence-corrected chi connectivity index (χ0v) is 14.4. The fourth-order valence-corrected chi connectivity index (χ4v) is 3.93. The number of aromatic nitrogens is 2. The van der Waals surface area contributed by atoms with E-state index in [0.29, 0.717) is 0 Å². The number of fused-ring (bicyclic) bond motifs is 1. The van der Waals surface area contributed by atoms with E-state index in [1.165, 1.54) is 5.69 Å². The lowest BCUT2D eigenvalue weighted by atomic mass is 9.90. The molecular formula is C20H25N3O2. The van der Waals surface area contributed by atoms with Gasteiger partial charge in [-0.25, -0.2) is 4.98 Å². The fraction of sp³-hybridized carbons (Fsp3) is 0.500. The summed E-state index contributed by atoms with van der Waals surface area (Å²) in [6.45, 7) is 0.894. The second-order valence-corrected chi connectivity index (χ2v) is 7.18. The maximum Gasteiger partial charge on any atom is 0.223 e. The van der Waals surface area contributed by atoms with Crippen LogP contribution in [0, 0.1) is 5.92 Å². The van der Waals surface area contributed by atoms with Gasteiger partial charge in [0.05, 0.1) is 12.4 Å². The van der Waals surface area contributed by atoms with Crippen LogP contribution in [-0.4, -0.2) is 27.6 Å². The van der Waals surface area contributed by atoms with Crippen LogP contribution in [0.4, 0.5) is 0 Å². The molecule has 1 aromatic heterocycles. The highest BCUT2D eigenvalue weighted by atomic mass is 16.5. The number of imidazole rings is 1. The topological polar surface area (TPSA) is 56.1 Å². The van der Waals surface area contributed by atoms with Crippen molar-refractivity contribution in [3.05, 3.63) is 48.5 Å². The number of hydrogen-bond donors (Lipinski definition) is 1. The molecular weight excluding hydrogens is 314 g/mol. The molecule has 0 radical (unpaired) electrons. The standard InChI is InChI=1S/C20H25N3O2/c24-20(15-10-11-23-14-21-13-17(23)12-15)22-16-6-8-19(9-7-16)25-18-4-2-1-3-5-18/h1-5,13-16,19H,6-12H2,(H,22,24). The molecule has 1 aliphatic carbocycles. The number of para-hydroxylation sites is 1. The van der Waals surface area contributed by atoms with Crippen LogP contribution in [0.1, 0.15) is 37.8 Å². The Bertz CT molecular complexity index is 705. The second-order valence-electron chi connectivity index (χ2n) is 7.18. The van der Waals surface area contributed by atoms with Crippen LogP contribution in [0.15, 0.2) is 42.9 Å². The first-order chi connectivity index (χ1) is 12.3. The number of rotatable bonds is 4. The van der Waals surface area contributed by atoms with Crippen molar-refractivity contribution in [2.24, 2.45) is 5.92 Å². The predicted octanol–water partition coefficient (Wildman–Crippen LogP) is 2.95. The third-order valence-corrected chi connectivity index (χ3v) is 5.41. The molecule has 2 heterocycles. The van der Waals surface area contributed by atoms with Gasteiger partial charge in [-0.1, -0.05) is 18.2 Å². The summed E-state index contributed by atoms with van der Waals surface area (Å²) >= 11 is 0. The minimum Gasteiger partial charge on any atom is -0.490 e. The van der Waals surface area contributed by atoms with Gasteiger partial charge in [0.1, 0.15) is 5.75 Å². The molecule has 4 rings (SSSR count). The van der Waals surface area contributed by atoms with E-state index in [1.807, 2.05) is 42.9 Å². The van der Waals surface area contributed by atoms with Crippen molar-refractivity contribution in [3.8, 4) is 5.75 Å². The van der Waals surface area contributed by atoms with Gasteiger partial charge in [-0.05, 0) is 44.2 Å². The lowest BCUT2D eigenvalue weighted by molar-refractivity contribution is -0.126. The molecule has 1 unspecified atom stereocenters. The number of nitrogens with one attached hydrogen (secondary N) is 1. The van der Waals surface area contributed by atoms with Gasteiger partial charge >= 0.3 is 0 Å². The number of carbonyl (C=O) groups excluding carboxylic acids is 1. The van der Waals surface area contributed by atoms with Gasteiger partial charge in [-0.3, -0.25) is 4.79 Å². The molecule has 1 atom stereocenters. The maximum atomic E-state index is 12.6. The molecule has 1 aromatic carbocycles. The smallest absolute Gasteiger partial charge is 0.223 e. The van der Waals surface area contributed by atoms with Gasteiger partial charge in [0.15, 0.2) is 0 Å². The summed E-state index contributed by atoms with van der Waals surface area (Å²) in [4.78, 5) is 16.8. The number of carbonyl (C=O) groups is 1. The van der Waals surface area contributed by atoms with E-state index in [-0.39, 0.29) is 24.0 Å². The van der Waals surface area contributed by atoms with Crippen LogP contribution in [0.2, 0.25) is 0 Å². The Labute approximate surface area is 148 Å². The fourth-order valence-electron chi connectivity index (χ4n) is 3.93. The zero-order chi connectivity index (χ0) is 17.1. The van der Waals surface area contributed by atoms with Gasteiger partial charge in [0, 0.05) is 36.8 Å². The van der Waals surface area contributed by atoms with Crippen molar-refractivity contribution in [2.75, 3.05) is 0 Å². The lowest BCUT2D eigenvalue weighted by Gasteiger charge is -2.31. The Balaban J connectivity index is 1.24. The van der Waals surface area contributed by atoms with E-state index in [4.69, 9.17) is 4.74 Å². The summed E-state index contributed by atoms with van der Waals surface area (Å²) in [5, 5.41) is 3.27. The zero-order valence-electron chi connectivity index (χ0n) is 14.4. The van der Waals surface area contributed by atoms with Crippen molar-refractivity contribution < 1.29 is 9.53 Å². The van der Waals surface area contributed by atoms with Crippen LogP contribution in [0.25, 0.3) is 0 Å². The summed E-state index contributed by atoms with van der Waals surface area (Å²) in [5.41, 5.74) is 1.17. The quantitative estimate of drug-likeness (QED) is 0.932. The Hall–Kier alpha value is -2.30. The van der Waals surface area contributed by atoms with E-state index < -0.39 is 0 Å². The highest BCUT2D eigenvalue weighted by Gasteiger charge is 2.28. The maximum absolute atomic E-state index is 12.6. The van der Waals surface area contributed by atoms with Gasteiger partial charge in [-0.2, -0.15) is 0 Å². The normalized spacial score (nSPS) is 25.8. The number of nitrogens with zero attached hydrogens (tertiary/aromatic N) is 2. The molecule has 25 heavy (non-hydrogen) atoms. The third-order valence-electron chi connectivity index (χ3n) is 5.41. The Morgan fingerprint density at radius 1 is 1.12 bits per heavy atom. The van der Waals surface area contributed by atoms with E-state index in [9.17, 15) is 4.79 Å². The third kappa shape index (κ3) is 3.86. The molecule has 1 fully saturated rings. The second kappa shape index (κ2) is 7.30. The Kier molecular flexibility index (Phi) is 4.72. The SMILES string of the molecule is O=C(NC1CCC(Oc2ccccc2)CC1)C1CCn2cncc2C1. The van der Waals surface area contributed by atoms with E-state index >= 15 is 0 Å². The number of amides is 1. The van der Waals surface area contributed by atoms with E-state index in [0.717, 1.165) is 50.8 Å². The summed E-state index contributed by atoms with van der Waals surface area (Å²) in [6, 6.07) is 10.3. The average molecular weight is 339 g/mol. The number of ether oxygens (including phenoxy) is 1. The largest absolute Gasteiger partial charge is 0.490 e. The minimum atomic E-state index is 0.0856. The molecule has 5 heteroatoms. The molecule has 5 nitrogen and oxygen atoms in total. The molecule has 1 saturated carbocycles. The van der Waals surface area contributed by atoms with Crippen LogP contribution >= 0.6 is 0 Å². The van der Waals surface area contributed by atoms with Gasteiger partial charge in [0.2, 0.25) is 5.91 Å². The first-order valence-electron chi connectivity index (χ1n) is 9.29. The summed E-state index contributed by atoms with van der Waals surface area (Å²) in [6.07, 6.45) is 9.69. The van der Waals surface area contributed by atoms with Crippen molar-refractivity contribution in [1.29, 1.82) is 0 Å². The highest BCUT2D eigenvalue weighted by Crippen LogP contribution is 2.25. The summed E-state index contributed by atoms with van der Waals surface area (Å²) in [7, 11) is 0. The van der Waals surface area contributed by atoms with Crippen LogP contribution < -0.4 is 10.1 Å². The number of hydrogen-bond acceptors (Lipinski definition) is 3. The van der Waals surface area contributed by atoms with E-state index in [1.54, 1.807) is 0 Å². The number of benzene rings is 1. The van der Waals surface area contributed by atoms with Crippen LogP contribution in [-0.2, 0) is 17.8 Å². The van der Waals surface area contributed by atoms with Crippen molar-refractivity contribution in [2.45, 2.75) is 57.2 Å². The molecule has 0 spiro atoms. The van der Waals surface area contributed by atoms with Gasteiger partial charge in [-0.15, -0.1) is 0 Å². The Morgan fingerprint density at radius 3 is 2.72 bits per heavy atom. The Morgan fingerprint density at radius 2 is 1.92 bits per heavy atom. The minimum absolute atomic E-state index is 0.0856. The predicted molar refractivity (Wildman–Crippen MR) is 95.3 cm³/mol. The molecule has 0 bridgehead atoms. The summed E-state index contributed by atoms with van der Waals surface area (Å²) in [5.74, 6) is 1.23. The van der Waals surface area contributed by atoms with Gasteiger partial charge in [0.25, 0.3) is 0 Å². The van der Waals surface area contributed by atoms with Crippen LogP contribution in [0.5, 0.6) is 5.75 Å². The molecule has 0 saturated heterocycles. The monoisotopic (exact) mass is 339 g/mol. The van der Waals surface area contributed by atoms with Crippen molar-refractivity contribution in [3.63, 3.8) is 0 Å². The lowest BCUT2D eigenvalue weighted by Crippen LogP contribution is -2.43. The highest BCUT2D eigenvalue weighted by molar-refractivity contribution is 5.79. The molecule has 2 aromatic rings. The van der Waals surface area contributed by atoms with E-state index in [2.05, 4.69) is 14.9 Å². The average Bonchev–Trinajstić information content (AvgIpc) is 3.12.